The molecule has 0 amide bonds. The number of ether oxygens (including phenoxy) is 2. The van der Waals surface area contributed by atoms with E-state index in [-0.39, 0.29) is 5.56 Å². The number of carbonyl (C=O) groups is 1. The van der Waals surface area contributed by atoms with Crippen molar-refractivity contribution in [3.8, 4) is 11.5 Å². The highest BCUT2D eigenvalue weighted by molar-refractivity contribution is 9.10. The normalized spacial score (nSPS) is 10.0. The summed E-state index contributed by atoms with van der Waals surface area (Å²) in [6.07, 6.45) is 0.556. The Morgan fingerprint density at radius 1 is 1.44 bits per heavy atom. The number of carboxylic acids is 1. The SMILES string of the molecule is CCc1c(OC)c(OC)cc(Br)c1C(=O)O. The molecule has 0 bridgehead atoms. The number of benzene rings is 1. The molecule has 1 N–H and O–H groups in total. The van der Waals surface area contributed by atoms with Crippen molar-refractivity contribution < 1.29 is 19.4 Å². The van der Waals surface area contributed by atoms with Crippen LogP contribution in [-0.4, -0.2) is 25.3 Å². The molecule has 1 aromatic carbocycles. The number of halogens is 1. The maximum atomic E-state index is 11.1. The van der Waals surface area contributed by atoms with Crippen molar-refractivity contribution in [1.29, 1.82) is 0 Å². The standard InChI is InChI=1S/C11H13BrO4/c1-4-6-9(11(13)14)7(12)5-8(15-2)10(6)16-3/h5H,4H2,1-3H3,(H,13,14). The molecule has 0 spiro atoms. The second kappa shape index (κ2) is 5.21. The molecule has 16 heavy (non-hydrogen) atoms. The Bertz CT molecular complexity index is 415. The predicted octanol–water partition coefficient (Wildman–Crippen LogP) is 2.73. The van der Waals surface area contributed by atoms with Gasteiger partial charge in [-0.3, -0.25) is 0 Å². The van der Waals surface area contributed by atoms with Crippen LogP contribution in [0.5, 0.6) is 11.5 Å². The summed E-state index contributed by atoms with van der Waals surface area (Å²) in [5, 5.41) is 9.13. The fourth-order valence-corrected chi connectivity index (χ4v) is 2.22. The van der Waals surface area contributed by atoms with Gasteiger partial charge in [-0.1, -0.05) is 6.92 Å². The summed E-state index contributed by atoms with van der Waals surface area (Å²) < 4.78 is 10.8. The van der Waals surface area contributed by atoms with Crippen LogP contribution in [0.1, 0.15) is 22.8 Å². The zero-order valence-electron chi connectivity index (χ0n) is 9.33. The molecule has 0 unspecified atom stereocenters. The number of hydrogen-bond donors (Lipinski definition) is 1. The Morgan fingerprint density at radius 3 is 2.44 bits per heavy atom. The predicted molar refractivity (Wildman–Crippen MR) is 63.6 cm³/mol. The average Bonchev–Trinajstić information content (AvgIpc) is 2.26. The van der Waals surface area contributed by atoms with Crippen molar-refractivity contribution in [1.82, 2.24) is 0 Å². The van der Waals surface area contributed by atoms with E-state index in [0.717, 1.165) is 0 Å². The third-order valence-electron chi connectivity index (χ3n) is 2.29. The van der Waals surface area contributed by atoms with E-state index in [0.29, 0.717) is 28.0 Å². The molecule has 4 nitrogen and oxygen atoms in total. The van der Waals surface area contributed by atoms with Crippen molar-refractivity contribution in [2.75, 3.05) is 14.2 Å². The van der Waals surface area contributed by atoms with Gasteiger partial charge in [-0.2, -0.15) is 0 Å². The second-order valence-electron chi connectivity index (χ2n) is 3.11. The molecule has 88 valence electrons. The van der Waals surface area contributed by atoms with Crippen molar-refractivity contribution >= 4 is 21.9 Å². The first kappa shape index (κ1) is 12.8. The van der Waals surface area contributed by atoms with E-state index in [2.05, 4.69) is 15.9 Å². The highest BCUT2D eigenvalue weighted by Gasteiger charge is 2.21. The Balaban J connectivity index is 3.57. The second-order valence-corrected chi connectivity index (χ2v) is 3.96. The molecule has 0 atom stereocenters. The van der Waals surface area contributed by atoms with Crippen molar-refractivity contribution in [2.24, 2.45) is 0 Å². The van der Waals surface area contributed by atoms with Gasteiger partial charge in [0.1, 0.15) is 0 Å². The van der Waals surface area contributed by atoms with Crippen LogP contribution in [0, 0.1) is 0 Å². The molecule has 0 aromatic heterocycles. The molecule has 0 saturated carbocycles. The summed E-state index contributed by atoms with van der Waals surface area (Å²) in [4.78, 5) is 11.1. The van der Waals surface area contributed by atoms with E-state index in [1.54, 1.807) is 6.07 Å². The summed E-state index contributed by atoms with van der Waals surface area (Å²) in [6.45, 7) is 1.87. The van der Waals surface area contributed by atoms with Gasteiger partial charge in [0.2, 0.25) is 0 Å². The Kier molecular flexibility index (Phi) is 4.18. The molecule has 0 radical (unpaired) electrons. The van der Waals surface area contributed by atoms with Crippen LogP contribution in [-0.2, 0) is 6.42 Å². The van der Waals surface area contributed by atoms with E-state index >= 15 is 0 Å². The number of rotatable bonds is 4. The molecule has 1 rings (SSSR count). The minimum Gasteiger partial charge on any atom is -0.493 e. The van der Waals surface area contributed by atoms with Gasteiger partial charge in [0.15, 0.2) is 11.5 Å². The fraction of sp³-hybridized carbons (Fsp3) is 0.364. The smallest absolute Gasteiger partial charge is 0.337 e. The molecule has 1 aromatic rings. The fourth-order valence-electron chi connectivity index (χ4n) is 1.60. The first-order chi connectivity index (χ1) is 7.56. The van der Waals surface area contributed by atoms with Crippen molar-refractivity contribution in [3.05, 3.63) is 21.7 Å². The van der Waals surface area contributed by atoms with Gasteiger partial charge in [0.05, 0.1) is 19.8 Å². The maximum Gasteiger partial charge on any atom is 0.337 e. The lowest BCUT2D eigenvalue weighted by atomic mass is 10.0. The van der Waals surface area contributed by atoms with Gasteiger partial charge in [-0.25, -0.2) is 4.79 Å². The van der Waals surface area contributed by atoms with Crippen LogP contribution < -0.4 is 9.47 Å². The lowest BCUT2D eigenvalue weighted by molar-refractivity contribution is 0.0694. The van der Waals surface area contributed by atoms with Gasteiger partial charge in [-0.05, 0) is 28.4 Å². The Hall–Kier alpha value is -1.23. The molecule has 0 fully saturated rings. The molecular formula is C11H13BrO4. The zero-order valence-corrected chi connectivity index (χ0v) is 10.9. The summed E-state index contributed by atoms with van der Waals surface area (Å²) in [5.74, 6) is 0.0199. The summed E-state index contributed by atoms with van der Waals surface area (Å²) in [5.41, 5.74) is 0.848. The van der Waals surface area contributed by atoms with E-state index in [9.17, 15) is 4.79 Å². The number of methoxy groups -OCH3 is 2. The van der Waals surface area contributed by atoms with Crippen molar-refractivity contribution in [2.45, 2.75) is 13.3 Å². The van der Waals surface area contributed by atoms with E-state index in [1.165, 1.54) is 14.2 Å². The average molecular weight is 289 g/mol. The summed E-state index contributed by atoms with van der Waals surface area (Å²) >= 11 is 3.23. The van der Waals surface area contributed by atoms with Crippen molar-refractivity contribution in [3.63, 3.8) is 0 Å². The minimum atomic E-state index is -0.982. The number of hydrogen-bond acceptors (Lipinski definition) is 3. The van der Waals surface area contributed by atoms with E-state index in [4.69, 9.17) is 14.6 Å². The quantitative estimate of drug-likeness (QED) is 0.926. The molecule has 0 aliphatic carbocycles. The van der Waals surface area contributed by atoms with Crippen LogP contribution in [0.2, 0.25) is 0 Å². The largest absolute Gasteiger partial charge is 0.493 e. The first-order valence-electron chi connectivity index (χ1n) is 4.73. The van der Waals surface area contributed by atoms with Crippen LogP contribution >= 0.6 is 15.9 Å². The Morgan fingerprint density at radius 2 is 2.06 bits per heavy atom. The van der Waals surface area contributed by atoms with Crippen LogP contribution in [0.3, 0.4) is 0 Å². The molecule has 0 saturated heterocycles. The van der Waals surface area contributed by atoms with Gasteiger partial charge in [0.25, 0.3) is 0 Å². The van der Waals surface area contributed by atoms with Crippen LogP contribution in [0.15, 0.2) is 10.5 Å². The highest BCUT2D eigenvalue weighted by Crippen LogP contribution is 2.38. The zero-order chi connectivity index (χ0) is 12.3. The number of aromatic carboxylic acids is 1. The van der Waals surface area contributed by atoms with Gasteiger partial charge >= 0.3 is 5.97 Å². The molecule has 0 heterocycles. The lowest BCUT2D eigenvalue weighted by Gasteiger charge is -2.15. The van der Waals surface area contributed by atoms with E-state index in [1.807, 2.05) is 6.92 Å². The minimum absolute atomic E-state index is 0.222. The Labute approximate surface area is 102 Å². The van der Waals surface area contributed by atoms with Gasteiger partial charge < -0.3 is 14.6 Å². The lowest BCUT2D eigenvalue weighted by Crippen LogP contribution is -2.06. The first-order valence-corrected chi connectivity index (χ1v) is 5.52. The van der Waals surface area contributed by atoms with Gasteiger partial charge in [-0.15, -0.1) is 0 Å². The molecule has 5 heteroatoms. The molecule has 0 aliphatic heterocycles. The number of carboxylic acid groups (broad SMARTS) is 1. The van der Waals surface area contributed by atoms with E-state index < -0.39 is 5.97 Å². The maximum absolute atomic E-state index is 11.1. The third kappa shape index (κ3) is 2.14. The molecular weight excluding hydrogens is 276 g/mol. The van der Waals surface area contributed by atoms with Crippen LogP contribution in [0.4, 0.5) is 0 Å². The molecule has 0 aliphatic rings. The summed E-state index contributed by atoms with van der Waals surface area (Å²) in [7, 11) is 3.01. The van der Waals surface area contributed by atoms with Gasteiger partial charge in [0, 0.05) is 10.0 Å². The van der Waals surface area contributed by atoms with Crippen LogP contribution in [0.25, 0.3) is 0 Å². The topological polar surface area (TPSA) is 55.8 Å². The third-order valence-corrected chi connectivity index (χ3v) is 2.91. The summed E-state index contributed by atoms with van der Waals surface area (Å²) in [6, 6.07) is 1.60. The monoisotopic (exact) mass is 288 g/mol. The highest BCUT2D eigenvalue weighted by atomic mass is 79.9.